The summed E-state index contributed by atoms with van der Waals surface area (Å²) in [6.07, 6.45) is 1.50. The molecule has 0 saturated carbocycles. The minimum atomic E-state index is 0.287. The fourth-order valence-corrected chi connectivity index (χ4v) is 1.36. The Hall–Kier alpha value is -1.93. The van der Waals surface area contributed by atoms with Crippen molar-refractivity contribution in [3.05, 3.63) is 29.7 Å². The van der Waals surface area contributed by atoms with Gasteiger partial charge in [0.05, 0.1) is 6.54 Å². The normalized spacial score (nSPS) is 10.1. The predicted octanol–water partition coefficient (Wildman–Crippen LogP) is 1.97. The van der Waals surface area contributed by atoms with Crippen LogP contribution in [0.5, 0.6) is 0 Å². The maximum atomic E-state index is 9.98. The molecule has 0 amide bonds. The summed E-state index contributed by atoms with van der Waals surface area (Å²) in [6.45, 7) is 2.07. The van der Waals surface area contributed by atoms with Crippen molar-refractivity contribution in [1.82, 2.24) is 4.98 Å². The summed E-state index contributed by atoms with van der Waals surface area (Å²) in [4.78, 5) is 17.7. The summed E-state index contributed by atoms with van der Waals surface area (Å²) in [7, 11) is 0. The van der Waals surface area contributed by atoms with E-state index in [2.05, 4.69) is 9.98 Å². The van der Waals surface area contributed by atoms with Gasteiger partial charge < -0.3 is 4.42 Å². The third kappa shape index (κ3) is 1.43. The Morgan fingerprint density at radius 1 is 1.57 bits per heavy atom. The number of aryl methyl sites for hydroxylation is 1. The van der Waals surface area contributed by atoms with Crippen LogP contribution in [0.3, 0.4) is 0 Å². The molecule has 70 valence electrons. The van der Waals surface area contributed by atoms with Gasteiger partial charge in [0.1, 0.15) is 5.52 Å². The van der Waals surface area contributed by atoms with Gasteiger partial charge in [-0.15, -0.1) is 0 Å². The van der Waals surface area contributed by atoms with E-state index in [1.807, 2.05) is 18.2 Å². The van der Waals surface area contributed by atoms with Gasteiger partial charge in [-0.25, -0.2) is 14.8 Å². The molecule has 0 aliphatic rings. The zero-order chi connectivity index (χ0) is 9.97. The summed E-state index contributed by atoms with van der Waals surface area (Å²) in [5, 5.41) is 0. The summed E-state index contributed by atoms with van der Waals surface area (Å²) in [5.74, 6) is 0.613. The monoisotopic (exact) mass is 188 g/mol. The van der Waals surface area contributed by atoms with E-state index >= 15 is 0 Å². The van der Waals surface area contributed by atoms with Gasteiger partial charge in [0, 0.05) is 12.5 Å². The highest BCUT2D eigenvalue weighted by molar-refractivity contribution is 5.76. The number of fused-ring (bicyclic) bond motifs is 1. The summed E-state index contributed by atoms with van der Waals surface area (Å²) in [5.41, 5.74) is 2.34. The molecule has 0 fully saturated rings. The van der Waals surface area contributed by atoms with Crippen molar-refractivity contribution < 1.29 is 9.21 Å². The van der Waals surface area contributed by atoms with Gasteiger partial charge in [-0.3, -0.25) is 0 Å². The van der Waals surface area contributed by atoms with Crippen molar-refractivity contribution in [2.24, 2.45) is 4.99 Å². The smallest absolute Gasteiger partial charge is 0.235 e. The topological polar surface area (TPSA) is 55.5 Å². The van der Waals surface area contributed by atoms with Gasteiger partial charge in [-0.1, -0.05) is 12.1 Å². The van der Waals surface area contributed by atoms with E-state index in [4.69, 9.17) is 4.42 Å². The second-order valence-electron chi connectivity index (χ2n) is 2.91. The lowest BCUT2D eigenvalue weighted by atomic mass is 10.2. The molecule has 0 N–H and O–H groups in total. The molecule has 4 heteroatoms. The van der Waals surface area contributed by atoms with Crippen LogP contribution in [0.15, 0.2) is 27.6 Å². The second-order valence-corrected chi connectivity index (χ2v) is 2.91. The Bertz CT molecular complexity index is 510. The maximum absolute atomic E-state index is 9.98. The number of aromatic nitrogens is 1. The van der Waals surface area contributed by atoms with Crippen molar-refractivity contribution in [2.75, 3.05) is 0 Å². The van der Waals surface area contributed by atoms with Gasteiger partial charge in [0.15, 0.2) is 11.5 Å². The van der Waals surface area contributed by atoms with E-state index in [1.165, 1.54) is 6.08 Å². The van der Waals surface area contributed by atoms with Crippen LogP contribution in [0.2, 0.25) is 0 Å². The fourth-order valence-electron chi connectivity index (χ4n) is 1.36. The molecule has 4 nitrogen and oxygen atoms in total. The minimum Gasteiger partial charge on any atom is -0.441 e. The first-order valence-corrected chi connectivity index (χ1v) is 4.20. The summed E-state index contributed by atoms with van der Waals surface area (Å²) in [6, 6.07) is 5.58. The van der Waals surface area contributed by atoms with E-state index in [1.54, 1.807) is 6.92 Å². The molecule has 1 aromatic carbocycles. The van der Waals surface area contributed by atoms with Gasteiger partial charge in [-0.2, -0.15) is 0 Å². The average molecular weight is 188 g/mol. The number of isocyanates is 1. The highest BCUT2D eigenvalue weighted by Crippen LogP contribution is 2.19. The van der Waals surface area contributed by atoms with Crippen LogP contribution in [0.4, 0.5) is 0 Å². The van der Waals surface area contributed by atoms with Crippen LogP contribution >= 0.6 is 0 Å². The van der Waals surface area contributed by atoms with Crippen LogP contribution in [0, 0.1) is 6.92 Å². The third-order valence-electron chi connectivity index (χ3n) is 1.92. The maximum Gasteiger partial charge on any atom is 0.235 e. The van der Waals surface area contributed by atoms with Crippen molar-refractivity contribution in [3.63, 3.8) is 0 Å². The van der Waals surface area contributed by atoms with Crippen LogP contribution in [0.1, 0.15) is 11.5 Å². The Kier molecular flexibility index (Phi) is 2.13. The van der Waals surface area contributed by atoms with E-state index in [0.29, 0.717) is 11.5 Å². The molecule has 0 aliphatic heterocycles. The minimum absolute atomic E-state index is 0.287. The first kappa shape index (κ1) is 8.66. The van der Waals surface area contributed by atoms with Crippen LogP contribution < -0.4 is 0 Å². The summed E-state index contributed by atoms with van der Waals surface area (Å²) >= 11 is 0. The number of oxazole rings is 1. The van der Waals surface area contributed by atoms with E-state index in [-0.39, 0.29) is 6.54 Å². The standard InChI is InChI=1S/C10H8N2O2/c1-7-12-9-4-2-3-8(5-11-6-13)10(9)14-7/h2-4H,5H2,1H3. The van der Waals surface area contributed by atoms with Crippen LogP contribution in [-0.4, -0.2) is 11.1 Å². The highest BCUT2D eigenvalue weighted by atomic mass is 16.3. The number of para-hydroxylation sites is 1. The molecule has 0 bridgehead atoms. The Labute approximate surface area is 80.3 Å². The molecule has 14 heavy (non-hydrogen) atoms. The predicted molar refractivity (Wildman–Crippen MR) is 50.6 cm³/mol. The van der Waals surface area contributed by atoms with E-state index in [9.17, 15) is 4.79 Å². The van der Waals surface area contributed by atoms with Gasteiger partial charge in [0.2, 0.25) is 6.08 Å². The zero-order valence-electron chi connectivity index (χ0n) is 7.65. The fraction of sp³-hybridized carbons (Fsp3) is 0.200. The molecular weight excluding hydrogens is 180 g/mol. The van der Waals surface area contributed by atoms with E-state index in [0.717, 1.165) is 11.1 Å². The Morgan fingerprint density at radius 3 is 3.21 bits per heavy atom. The molecule has 1 heterocycles. The molecule has 2 rings (SSSR count). The van der Waals surface area contributed by atoms with Gasteiger partial charge >= 0.3 is 0 Å². The number of hydrogen-bond acceptors (Lipinski definition) is 4. The first-order chi connectivity index (χ1) is 6.81. The highest BCUT2D eigenvalue weighted by Gasteiger charge is 2.06. The molecule has 0 radical (unpaired) electrons. The number of benzene rings is 1. The Balaban J connectivity index is 2.57. The number of hydrogen-bond donors (Lipinski definition) is 0. The van der Waals surface area contributed by atoms with Gasteiger partial charge in [-0.05, 0) is 6.07 Å². The number of aliphatic imine (C=N–C) groups is 1. The van der Waals surface area contributed by atoms with Crippen molar-refractivity contribution in [2.45, 2.75) is 13.5 Å². The lowest BCUT2D eigenvalue weighted by Crippen LogP contribution is -1.81. The number of nitrogens with zero attached hydrogens (tertiary/aromatic N) is 2. The summed E-state index contributed by atoms with van der Waals surface area (Å²) < 4.78 is 5.40. The second kappa shape index (κ2) is 3.44. The van der Waals surface area contributed by atoms with E-state index < -0.39 is 0 Å². The molecule has 0 spiro atoms. The average Bonchev–Trinajstić information content (AvgIpc) is 2.55. The zero-order valence-corrected chi connectivity index (χ0v) is 7.65. The largest absolute Gasteiger partial charge is 0.441 e. The molecule has 0 saturated heterocycles. The Morgan fingerprint density at radius 2 is 2.43 bits per heavy atom. The quantitative estimate of drug-likeness (QED) is 0.534. The van der Waals surface area contributed by atoms with Crippen molar-refractivity contribution in [3.8, 4) is 0 Å². The first-order valence-electron chi connectivity index (χ1n) is 4.20. The molecule has 1 aromatic heterocycles. The van der Waals surface area contributed by atoms with Crippen LogP contribution in [0.25, 0.3) is 11.1 Å². The van der Waals surface area contributed by atoms with Gasteiger partial charge in [0.25, 0.3) is 0 Å². The van der Waals surface area contributed by atoms with Crippen molar-refractivity contribution >= 4 is 17.2 Å². The number of rotatable bonds is 2. The lowest BCUT2D eigenvalue weighted by molar-refractivity contribution is 0.556. The SMILES string of the molecule is Cc1nc2cccc(CN=C=O)c2o1. The molecule has 0 aliphatic carbocycles. The van der Waals surface area contributed by atoms with Crippen molar-refractivity contribution in [1.29, 1.82) is 0 Å². The number of carbonyl (C=O) groups excluding carboxylic acids is 1. The molecule has 0 unspecified atom stereocenters. The molecule has 2 aromatic rings. The third-order valence-corrected chi connectivity index (χ3v) is 1.92. The molecule has 0 atom stereocenters. The molecular formula is C10H8N2O2. The van der Waals surface area contributed by atoms with Crippen LogP contribution in [-0.2, 0) is 11.3 Å². The lowest BCUT2D eigenvalue weighted by Gasteiger charge is -1.94.